The monoisotopic (exact) mass is 419 g/mol. The van der Waals surface area contributed by atoms with Crippen LogP contribution < -0.4 is 16.0 Å². The molecule has 2 heterocycles. The van der Waals surface area contributed by atoms with Gasteiger partial charge in [-0.15, -0.1) is 24.8 Å². The van der Waals surface area contributed by atoms with Crippen molar-refractivity contribution < 1.29 is 14.3 Å². The number of hydrogen-bond donors (Lipinski definition) is 2. The van der Waals surface area contributed by atoms with E-state index in [1.807, 2.05) is 0 Å². The van der Waals surface area contributed by atoms with Crippen molar-refractivity contribution in [3.05, 3.63) is 29.3 Å². The van der Waals surface area contributed by atoms with Gasteiger partial charge in [0.1, 0.15) is 0 Å². The van der Waals surface area contributed by atoms with Crippen LogP contribution in [0.25, 0.3) is 0 Å². The van der Waals surface area contributed by atoms with Gasteiger partial charge in [-0.3, -0.25) is 4.79 Å². The van der Waals surface area contributed by atoms with Crippen molar-refractivity contribution in [1.82, 2.24) is 5.32 Å². The quantitative estimate of drug-likeness (QED) is 0.763. The average Bonchev–Trinajstić information content (AvgIpc) is 2.67. The van der Waals surface area contributed by atoms with Crippen LogP contribution in [-0.4, -0.2) is 51.5 Å². The molecule has 2 aliphatic heterocycles. The largest absolute Gasteiger partial charge is 0.381 e. The van der Waals surface area contributed by atoms with Crippen molar-refractivity contribution in [3.63, 3.8) is 0 Å². The summed E-state index contributed by atoms with van der Waals surface area (Å²) in [4.78, 5) is 14.8. The van der Waals surface area contributed by atoms with Gasteiger partial charge in [-0.2, -0.15) is 0 Å². The Morgan fingerprint density at radius 3 is 2.48 bits per heavy atom. The van der Waals surface area contributed by atoms with Crippen LogP contribution in [0.1, 0.15) is 24.0 Å². The molecule has 0 aliphatic carbocycles. The Bertz CT molecular complexity index is 592. The van der Waals surface area contributed by atoms with Gasteiger partial charge in [0.25, 0.3) is 0 Å². The molecule has 0 aromatic heterocycles. The molecule has 2 aliphatic rings. The van der Waals surface area contributed by atoms with Crippen molar-refractivity contribution >= 4 is 36.4 Å². The Balaban J connectivity index is 0.00000182. The molecule has 1 unspecified atom stereocenters. The van der Waals surface area contributed by atoms with E-state index < -0.39 is 6.04 Å². The lowest BCUT2D eigenvalue weighted by atomic mass is 9.92. The first-order valence-corrected chi connectivity index (χ1v) is 9.18. The average molecular weight is 420 g/mol. The Hall–Kier alpha value is -1.05. The summed E-state index contributed by atoms with van der Waals surface area (Å²) in [7, 11) is 0. The molecule has 1 aromatic rings. The Labute approximate surface area is 174 Å². The van der Waals surface area contributed by atoms with Gasteiger partial charge in [-0.1, -0.05) is 12.1 Å². The molecule has 3 rings (SSSR count). The Kier molecular flexibility index (Phi) is 10.4. The summed E-state index contributed by atoms with van der Waals surface area (Å²) in [6, 6.07) is 5.91. The predicted octanol–water partition coefficient (Wildman–Crippen LogP) is 2.05. The zero-order valence-corrected chi connectivity index (χ0v) is 17.4. The topological polar surface area (TPSA) is 76.8 Å². The number of hydrogen-bond acceptors (Lipinski definition) is 5. The fourth-order valence-electron chi connectivity index (χ4n) is 3.51. The molecule has 0 radical (unpaired) electrons. The molecule has 154 valence electrons. The van der Waals surface area contributed by atoms with Crippen LogP contribution in [0, 0.1) is 12.8 Å². The fraction of sp³-hybridized carbons (Fsp3) is 0.632. The number of nitrogens with zero attached hydrogens (tertiary/aromatic N) is 1. The van der Waals surface area contributed by atoms with Gasteiger partial charge in [-0.05, 0) is 42.9 Å². The third-order valence-electron chi connectivity index (χ3n) is 5.12. The van der Waals surface area contributed by atoms with E-state index in [-0.39, 0.29) is 36.6 Å². The summed E-state index contributed by atoms with van der Waals surface area (Å²) < 4.78 is 10.8. The van der Waals surface area contributed by atoms with Crippen LogP contribution in [0.5, 0.6) is 0 Å². The molecule has 0 bridgehead atoms. The van der Waals surface area contributed by atoms with Crippen LogP contribution >= 0.6 is 24.8 Å². The number of morpholine rings is 1. The first kappa shape index (κ1) is 24.0. The highest BCUT2D eigenvalue weighted by atomic mass is 35.5. The van der Waals surface area contributed by atoms with Crippen molar-refractivity contribution in [2.75, 3.05) is 44.4 Å². The number of carbonyl (C=O) groups is 1. The molecule has 0 spiro atoms. The van der Waals surface area contributed by atoms with Crippen LogP contribution in [0.2, 0.25) is 0 Å². The normalized spacial score (nSPS) is 18.8. The second-order valence-corrected chi connectivity index (χ2v) is 6.92. The number of anilines is 1. The molecular formula is C19H31Cl2N3O3. The lowest BCUT2D eigenvalue weighted by Gasteiger charge is -2.31. The van der Waals surface area contributed by atoms with Crippen molar-refractivity contribution in [2.45, 2.75) is 32.4 Å². The summed E-state index contributed by atoms with van der Waals surface area (Å²) in [5.41, 5.74) is 9.69. The van der Waals surface area contributed by atoms with Crippen molar-refractivity contribution in [1.29, 1.82) is 0 Å². The molecule has 6 nitrogen and oxygen atoms in total. The Morgan fingerprint density at radius 1 is 1.19 bits per heavy atom. The van der Waals surface area contributed by atoms with Gasteiger partial charge < -0.3 is 25.4 Å². The number of carbonyl (C=O) groups excluding carboxylic acids is 1. The van der Waals surface area contributed by atoms with E-state index in [0.29, 0.717) is 19.8 Å². The number of nitrogens with one attached hydrogen (secondary N) is 1. The number of amides is 1. The maximum Gasteiger partial charge on any atom is 0.237 e. The number of halogens is 2. The number of aryl methyl sites for hydroxylation is 1. The van der Waals surface area contributed by atoms with Crippen molar-refractivity contribution in [2.24, 2.45) is 11.7 Å². The molecule has 8 heteroatoms. The van der Waals surface area contributed by atoms with Gasteiger partial charge in [0, 0.05) is 38.5 Å². The minimum Gasteiger partial charge on any atom is -0.381 e. The molecule has 2 saturated heterocycles. The van der Waals surface area contributed by atoms with E-state index in [0.717, 1.165) is 44.7 Å². The summed E-state index contributed by atoms with van der Waals surface area (Å²) in [6.07, 6.45) is 1.72. The SMILES string of the molecule is Cc1ccc(CNC(=O)C(N)C2CCOCC2)c(N2CCOCC2)c1.Cl.Cl. The van der Waals surface area contributed by atoms with E-state index in [1.54, 1.807) is 0 Å². The van der Waals surface area contributed by atoms with Gasteiger partial charge in [-0.25, -0.2) is 0 Å². The first-order valence-electron chi connectivity index (χ1n) is 9.18. The molecule has 0 saturated carbocycles. The second kappa shape index (κ2) is 11.7. The minimum absolute atomic E-state index is 0. The molecule has 3 N–H and O–H groups in total. The Morgan fingerprint density at radius 2 is 1.81 bits per heavy atom. The third-order valence-corrected chi connectivity index (χ3v) is 5.12. The van der Waals surface area contributed by atoms with Crippen LogP contribution in [0.4, 0.5) is 5.69 Å². The summed E-state index contributed by atoms with van der Waals surface area (Å²) >= 11 is 0. The second-order valence-electron chi connectivity index (χ2n) is 6.92. The number of rotatable bonds is 5. The minimum atomic E-state index is -0.457. The predicted molar refractivity (Wildman–Crippen MR) is 112 cm³/mol. The molecule has 1 atom stereocenters. The zero-order chi connectivity index (χ0) is 17.6. The number of nitrogens with two attached hydrogens (primary N) is 1. The molecule has 1 amide bonds. The fourth-order valence-corrected chi connectivity index (χ4v) is 3.51. The maximum atomic E-state index is 12.5. The molecule has 2 fully saturated rings. The van der Waals surface area contributed by atoms with Gasteiger partial charge in [0.15, 0.2) is 0 Å². The first-order chi connectivity index (χ1) is 12.1. The number of ether oxygens (including phenoxy) is 2. The zero-order valence-electron chi connectivity index (χ0n) is 15.8. The standard InChI is InChI=1S/C19H29N3O3.2ClH/c1-14-2-3-16(17(12-14)22-6-10-25-11-7-22)13-21-19(23)18(20)15-4-8-24-9-5-15;;/h2-3,12,15,18H,4-11,13,20H2,1H3,(H,21,23);2*1H. The highest BCUT2D eigenvalue weighted by Gasteiger charge is 2.26. The van der Waals surface area contributed by atoms with Gasteiger partial charge >= 0.3 is 0 Å². The summed E-state index contributed by atoms with van der Waals surface area (Å²) in [5, 5.41) is 3.03. The van der Waals surface area contributed by atoms with Crippen molar-refractivity contribution in [3.8, 4) is 0 Å². The molecule has 1 aromatic carbocycles. The van der Waals surface area contributed by atoms with E-state index in [1.165, 1.54) is 11.3 Å². The summed E-state index contributed by atoms with van der Waals surface area (Å²) in [6.45, 7) is 7.24. The smallest absolute Gasteiger partial charge is 0.237 e. The van der Waals surface area contributed by atoms with E-state index >= 15 is 0 Å². The highest BCUT2D eigenvalue weighted by molar-refractivity contribution is 5.85. The molecular weight excluding hydrogens is 389 g/mol. The van der Waals surface area contributed by atoms with E-state index in [9.17, 15) is 4.79 Å². The third kappa shape index (κ3) is 6.50. The van der Waals surface area contributed by atoms with Gasteiger partial charge in [0.05, 0.1) is 19.3 Å². The summed E-state index contributed by atoms with van der Waals surface area (Å²) in [5.74, 6) is 0.144. The van der Waals surface area contributed by atoms with Gasteiger partial charge in [0.2, 0.25) is 5.91 Å². The maximum absolute atomic E-state index is 12.5. The lowest BCUT2D eigenvalue weighted by molar-refractivity contribution is -0.124. The van der Waals surface area contributed by atoms with E-state index in [2.05, 4.69) is 35.3 Å². The molecule has 27 heavy (non-hydrogen) atoms. The van der Waals surface area contributed by atoms with E-state index in [4.69, 9.17) is 15.2 Å². The van der Waals surface area contributed by atoms with Crippen LogP contribution in [0.15, 0.2) is 18.2 Å². The lowest BCUT2D eigenvalue weighted by Crippen LogP contribution is -2.47. The number of benzene rings is 1. The van der Waals surface area contributed by atoms with Crippen LogP contribution in [0.3, 0.4) is 0 Å². The highest BCUT2D eigenvalue weighted by Crippen LogP contribution is 2.24. The van der Waals surface area contributed by atoms with Crippen LogP contribution in [-0.2, 0) is 20.8 Å².